The first kappa shape index (κ1) is 14.0. The highest BCUT2D eigenvalue weighted by Gasteiger charge is 2.15. The van der Waals surface area contributed by atoms with Crippen LogP contribution in [0.3, 0.4) is 0 Å². The molecule has 0 aliphatic carbocycles. The van der Waals surface area contributed by atoms with Crippen molar-refractivity contribution in [2.24, 2.45) is 7.05 Å². The van der Waals surface area contributed by atoms with E-state index in [1.807, 2.05) is 30.8 Å². The third-order valence-electron chi connectivity index (χ3n) is 3.75. The van der Waals surface area contributed by atoms with Crippen LogP contribution in [0.1, 0.15) is 18.2 Å². The topological polar surface area (TPSA) is 22.8 Å². The number of aromatic nitrogens is 3. The van der Waals surface area contributed by atoms with Gasteiger partial charge in [-0.15, -0.1) is 0 Å². The smallest absolute Gasteiger partial charge is 0.138 e. The Morgan fingerprint density at radius 2 is 2.10 bits per heavy atom. The molecular formula is C17H18ClN3. The molecule has 4 heteroatoms. The maximum atomic E-state index is 6.07. The van der Waals surface area contributed by atoms with Gasteiger partial charge in [0, 0.05) is 29.2 Å². The van der Waals surface area contributed by atoms with Crippen LogP contribution in [0.2, 0.25) is 5.02 Å². The summed E-state index contributed by atoms with van der Waals surface area (Å²) < 4.78 is 4.13. The Kier molecular flexibility index (Phi) is 3.60. The summed E-state index contributed by atoms with van der Waals surface area (Å²) in [5.41, 5.74) is 3.47. The van der Waals surface area contributed by atoms with Crippen LogP contribution in [0.5, 0.6) is 0 Å². The van der Waals surface area contributed by atoms with E-state index in [1.54, 1.807) is 0 Å². The fourth-order valence-electron chi connectivity index (χ4n) is 2.76. The summed E-state index contributed by atoms with van der Waals surface area (Å²) in [6.45, 7) is 4.10. The van der Waals surface area contributed by atoms with Crippen molar-refractivity contribution in [3.63, 3.8) is 0 Å². The van der Waals surface area contributed by atoms with Gasteiger partial charge < -0.3 is 4.57 Å². The lowest BCUT2D eigenvalue weighted by atomic mass is 10.1. The van der Waals surface area contributed by atoms with Gasteiger partial charge in [-0.2, -0.15) is 5.10 Å². The molecule has 0 atom stereocenters. The number of halogens is 1. The molecule has 3 rings (SSSR count). The highest BCUT2D eigenvalue weighted by atomic mass is 35.5. The van der Waals surface area contributed by atoms with Crippen molar-refractivity contribution in [3.8, 4) is 5.82 Å². The number of nitrogens with zero attached hydrogens (tertiary/aromatic N) is 3. The molecule has 0 fully saturated rings. The van der Waals surface area contributed by atoms with Crippen molar-refractivity contribution in [2.45, 2.75) is 20.3 Å². The summed E-state index contributed by atoms with van der Waals surface area (Å²) in [5.74, 6) is 1.11. The summed E-state index contributed by atoms with van der Waals surface area (Å²) in [7, 11) is 1.99. The number of fused-ring (bicyclic) bond motifs is 1. The van der Waals surface area contributed by atoms with Gasteiger partial charge in [0.2, 0.25) is 0 Å². The third kappa shape index (κ3) is 2.38. The van der Waals surface area contributed by atoms with Gasteiger partial charge in [-0.05, 0) is 44.5 Å². The highest BCUT2D eigenvalue weighted by Crippen LogP contribution is 2.26. The lowest BCUT2D eigenvalue weighted by Gasteiger charge is -2.09. The second kappa shape index (κ2) is 5.41. The van der Waals surface area contributed by atoms with Crippen molar-refractivity contribution in [1.82, 2.24) is 14.3 Å². The van der Waals surface area contributed by atoms with Gasteiger partial charge in [-0.1, -0.05) is 23.8 Å². The Labute approximate surface area is 129 Å². The van der Waals surface area contributed by atoms with Gasteiger partial charge in [-0.3, -0.25) is 4.68 Å². The lowest BCUT2D eigenvalue weighted by molar-refractivity contribution is 0.727. The molecule has 1 aromatic carbocycles. The molecule has 0 aliphatic rings. The van der Waals surface area contributed by atoms with Gasteiger partial charge in [-0.25, -0.2) is 0 Å². The van der Waals surface area contributed by atoms with Crippen LogP contribution in [0.15, 0.2) is 42.6 Å². The molecule has 0 unspecified atom stereocenters. The monoisotopic (exact) mass is 299 g/mol. The van der Waals surface area contributed by atoms with Crippen LogP contribution in [0.4, 0.5) is 0 Å². The van der Waals surface area contributed by atoms with E-state index in [-0.39, 0.29) is 0 Å². The summed E-state index contributed by atoms with van der Waals surface area (Å²) >= 11 is 6.07. The van der Waals surface area contributed by atoms with Crippen molar-refractivity contribution in [2.75, 3.05) is 0 Å². The van der Waals surface area contributed by atoms with E-state index in [0.29, 0.717) is 0 Å². The van der Waals surface area contributed by atoms with Gasteiger partial charge in [0.1, 0.15) is 5.82 Å². The molecule has 0 radical (unpaired) electrons. The quantitative estimate of drug-likeness (QED) is 0.655. The standard InChI is InChI=1S/C17H18ClN3/c1-4-5-6-15-12(2)19-20(3)17(15)21-10-9-13-11-14(18)7-8-16(13)21/h4-5,7-11H,6H2,1-3H3. The Morgan fingerprint density at radius 1 is 1.29 bits per heavy atom. The third-order valence-corrected chi connectivity index (χ3v) is 3.99. The second-order valence-electron chi connectivity index (χ2n) is 5.17. The summed E-state index contributed by atoms with van der Waals surface area (Å²) in [6, 6.07) is 8.06. The molecule has 0 N–H and O–H groups in total. The summed E-state index contributed by atoms with van der Waals surface area (Å²) in [4.78, 5) is 0. The number of aryl methyl sites for hydroxylation is 2. The lowest BCUT2D eigenvalue weighted by Crippen LogP contribution is -2.04. The molecule has 2 heterocycles. The van der Waals surface area contributed by atoms with Crippen LogP contribution < -0.4 is 0 Å². The fraction of sp³-hybridized carbons (Fsp3) is 0.235. The largest absolute Gasteiger partial charge is 0.301 e. The average molecular weight is 300 g/mol. The molecule has 3 aromatic rings. The zero-order valence-corrected chi connectivity index (χ0v) is 13.2. The molecule has 0 spiro atoms. The Balaban J connectivity index is 2.22. The zero-order chi connectivity index (χ0) is 15.0. The molecule has 0 aliphatic heterocycles. The van der Waals surface area contributed by atoms with Crippen LogP contribution in [0.25, 0.3) is 16.7 Å². The minimum Gasteiger partial charge on any atom is -0.301 e. The Hall–Kier alpha value is -2.00. The van der Waals surface area contributed by atoms with Gasteiger partial charge >= 0.3 is 0 Å². The molecule has 2 aromatic heterocycles. The maximum Gasteiger partial charge on any atom is 0.138 e. The minimum absolute atomic E-state index is 0.760. The molecule has 0 bridgehead atoms. The Morgan fingerprint density at radius 3 is 2.86 bits per heavy atom. The van der Waals surface area contributed by atoms with Crippen LogP contribution >= 0.6 is 11.6 Å². The number of hydrogen-bond donors (Lipinski definition) is 0. The average Bonchev–Trinajstić information content (AvgIpc) is 2.96. The van der Waals surface area contributed by atoms with Gasteiger partial charge in [0.15, 0.2) is 0 Å². The van der Waals surface area contributed by atoms with Crippen molar-refractivity contribution < 1.29 is 0 Å². The van der Waals surface area contributed by atoms with Crippen LogP contribution in [-0.2, 0) is 13.5 Å². The first-order valence-corrected chi connectivity index (χ1v) is 7.40. The summed E-state index contributed by atoms with van der Waals surface area (Å²) in [5, 5.41) is 6.48. The van der Waals surface area contributed by atoms with E-state index in [9.17, 15) is 0 Å². The van der Waals surface area contributed by atoms with E-state index < -0.39 is 0 Å². The van der Waals surface area contributed by atoms with Gasteiger partial charge in [0.05, 0.1) is 11.2 Å². The maximum absolute atomic E-state index is 6.07. The van der Waals surface area contributed by atoms with E-state index in [2.05, 4.69) is 47.1 Å². The summed E-state index contributed by atoms with van der Waals surface area (Å²) in [6.07, 6.45) is 7.20. The minimum atomic E-state index is 0.760. The highest BCUT2D eigenvalue weighted by molar-refractivity contribution is 6.31. The van der Waals surface area contributed by atoms with Crippen LogP contribution in [0, 0.1) is 6.92 Å². The van der Waals surface area contributed by atoms with Crippen LogP contribution in [-0.4, -0.2) is 14.3 Å². The number of benzene rings is 1. The predicted molar refractivity (Wildman–Crippen MR) is 88.3 cm³/mol. The predicted octanol–water partition coefficient (Wildman–Crippen LogP) is 4.44. The van der Waals surface area contributed by atoms with E-state index in [0.717, 1.165) is 33.9 Å². The van der Waals surface area contributed by atoms with Crippen molar-refractivity contribution >= 4 is 22.5 Å². The zero-order valence-electron chi connectivity index (χ0n) is 12.5. The number of rotatable bonds is 3. The molecule has 0 saturated carbocycles. The Bertz CT molecular complexity index is 824. The first-order chi connectivity index (χ1) is 10.1. The fourth-order valence-corrected chi connectivity index (χ4v) is 2.94. The molecule has 3 nitrogen and oxygen atoms in total. The molecule has 108 valence electrons. The molecule has 0 amide bonds. The van der Waals surface area contributed by atoms with Crippen molar-refractivity contribution in [3.05, 3.63) is 58.9 Å². The number of hydrogen-bond acceptors (Lipinski definition) is 1. The molecule has 21 heavy (non-hydrogen) atoms. The van der Waals surface area contributed by atoms with E-state index in [4.69, 9.17) is 11.6 Å². The second-order valence-corrected chi connectivity index (χ2v) is 5.61. The van der Waals surface area contributed by atoms with E-state index in [1.165, 1.54) is 5.56 Å². The first-order valence-electron chi connectivity index (χ1n) is 7.02. The molecule has 0 saturated heterocycles. The molecular weight excluding hydrogens is 282 g/mol. The normalized spacial score (nSPS) is 11.8. The van der Waals surface area contributed by atoms with Crippen molar-refractivity contribution in [1.29, 1.82) is 0 Å². The van der Waals surface area contributed by atoms with E-state index >= 15 is 0 Å². The SMILES string of the molecule is CC=CCc1c(C)nn(C)c1-n1ccc2cc(Cl)ccc21. The van der Waals surface area contributed by atoms with Gasteiger partial charge in [0.25, 0.3) is 0 Å². The number of allylic oxidation sites excluding steroid dienone is 2.